The minimum absolute atomic E-state index is 0.433. The zero-order chi connectivity index (χ0) is 21.4. The third kappa shape index (κ3) is 4.30. The van der Waals surface area contributed by atoms with Crippen molar-refractivity contribution >= 4 is 5.91 Å². The Kier molecular flexibility index (Phi) is 5.87. The van der Waals surface area contributed by atoms with Crippen molar-refractivity contribution in [3.63, 3.8) is 0 Å². The molecule has 0 aliphatic carbocycles. The molecule has 1 aromatic carbocycles. The van der Waals surface area contributed by atoms with Crippen LogP contribution in [0.2, 0.25) is 0 Å². The van der Waals surface area contributed by atoms with Crippen molar-refractivity contribution in [2.75, 3.05) is 13.1 Å². The van der Waals surface area contributed by atoms with Crippen LogP contribution in [0.3, 0.4) is 0 Å². The summed E-state index contributed by atoms with van der Waals surface area (Å²) in [7, 11) is 0. The van der Waals surface area contributed by atoms with Crippen molar-refractivity contribution in [2.45, 2.75) is 71.0 Å². The monoisotopic (exact) mass is 420 g/mol. The molecule has 2 aromatic rings. The zero-order valence-corrected chi connectivity index (χ0v) is 19.0. The molecule has 5 rings (SSSR count). The lowest BCUT2D eigenvalue weighted by Crippen LogP contribution is -2.64. The molecular weight excluding hydrogens is 384 g/mol. The highest BCUT2D eigenvalue weighted by Gasteiger charge is 2.48. The average molecular weight is 421 g/mol. The molecule has 2 bridgehead atoms. The highest BCUT2D eigenvalue weighted by atomic mass is 16.2. The van der Waals surface area contributed by atoms with Gasteiger partial charge in [-0.05, 0) is 73.6 Å². The van der Waals surface area contributed by atoms with Crippen molar-refractivity contribution < 1.29 is 4.79 Å². The second-order valence-electron chi connectivity index (χ2n) is 10.4. The summed E-state index contributed by atoms with van der Waals surface area (Å²) in [6.07, 6.45) is 10.5. The topological polar surface area (TPSA) is 41.4 Å². The highest BCUT2D eigenvalue weighted by Crippen LogP contribution is 2.43. The van der Waals surface area contributed by atoms with Crippen LogP contribution in [0.25, 0.3) is 5.69 Å². The van der Waals surface area contributed by atoms with Gasteiger partial charge in [0.05, 0.1) is 5.69 Å². The smallest absolute Gasteiger partial charge is 0.223 e. The van der Waals surface area contributed by atoms with Gasteiger partial charge < -0.3 is 4.90 Å². The zero-order valence-electron chi connectivity index (χ0n) is 19.0. The maximum atomic E-state index is 12.9. The Morgan fingerprint density at radius 3 is 2.68 bits per heavy atom. The minimum atomic E-state index is 0.433. The van der Waals surface area contributed by atoms with Crippen LogP contribution in [0.5, 0.6) is 0 Å². The fourth-order valence-corrected chi connectivity index (χ4v) is 6.31. The van der Waals surface area contributed by atoms with Gasteiger partial charge in [-0.25, -0.2) is 4.68 Å². The van der Waals surface area contributed by atoms with Gasteiger partial charge in [0.25, 0.3) is 0 Å². The number of nitrogens with zero attached hydrogens (tertiary/aromatic N) is 4. The molecule has 4 atom stereocenters. The van der Waals surface area contributed by atoms with E-state index < -0.39 is 0 Å². The Morgan fingerprint density at radius 2 is 1.94 bits per heavy atom. The quantitative estimate of drug-likeness (QED) is 0.690. The summed E-state index contributed by atoms with van der Waals surface area (Å²) in [4.78, 5) is 18.0. The van der Waals surface area contributed by atoms with E-state index in [1.807, 2.05) is 23.1 Å². The van der Waals surface area contributed by atoms with Crippen molar-refractivity contribution in [1.82, 2.24) is 19.6 Å². The summed E-state index contributed by atoms with van der Waals surface area (Å²) in [5.74, 6) is 2.40. The van der Waals surface area contributed by atoms with Gasteiger partial charge in [-0.1, -0.05) is 26.0 Å². The molecule has 0 spiro atoms. The van der Waals surface area contributed by atoms with Gasteiger partial charge in [0.1, 0.15) is 0 Å². The van der Waals surface area contributed by atoms with Crippen LogP contribution in [0.4, 0.5) is 0 Å². The number of amides is 1. The summed E-state index contributed by atoms with van der Waals surface area (Å²) in [6.45, 7) is 7.87. The lowest BCUT2D eigenvalue weighted by Gasteiger charge is -2.57. The Labute approximate surface area is 186 Å². The SMILES string of the molecule is CC(C)CC[C@H]1[C@H]2C[C@H](CN(Cc3ccc(-n4cccn4)cc3)C2)[C@@H]2CCCC(=O)N21. The Morgan fingerprint density at radius 1 is 1.13 bits per heavy atom. The molecule has 0 N–H and O–H groups in total. The van der Waals surface area contributed by atoms with Gasteiger partial charge in [-0.3, -0.25) is 9.69 Å². The second-order valence-corrected chi connectivity index (χ2v) is 10.4. The number of rotatable bonds is 6. The molecule has 166 valence electrons. The van der Waals surface area contributed by atoms with E-state index in [9.17, 15) is 4.79 Å². The van der Waals surface area contributed by atoms with Crippen LogP contribution in [-0.2, 0) is 11.3 Å². The Balaban J connectivity index is 1.31. The normalized spacial score (nSPS) is 28.7. The summed E-state index contributed by atoms with van der Waals surface area (Å²) in [5, 5.41) is 4.33. The number of piperidine rings is 3. The van der Waals surface area contributed by atoms with Gasteiger partial charge in [-0.15, -0.1) is 0 Å². The van der Waals surface area contributed by atoms with Crippen molar-refractivity contribution in [3.8, 4) is 5.69 Å². The number of carbonyl (C=O) groups is 1. The summed E-state index contributed by atoms with van der Waals surface area (Å²) in [5.41, 5.74) is 2.47. The summed E-state index contributed by atoms with van der Waals surface area (Å²) < 4.78 is 1.91. The molecule has 0 saturated carbocycles. The lowest BCUT2D eigenvalue weighted by molar-refractivity contribution is -0.153. The van der Waals surface area contributed by atoms with E-state index in [0.29, 0.717) is 35.7 Å². The first-order valence-corrected chi connectivity index (χ1v) is 12.2. The third-order valence-electron chi connectivity index (χ3n) is 7.72. The van der Waals surface area contributed by atoms with Gasteiger partial charge in [-0.2, -0.15) is 5.10 Å². The van der Waals surface area contributed by atoms with E-state index in [1.165, 1.54) is 31.2 Å². The van der Waals surface area contributed by atoms with Crippen LogP contribution in [0.1, 0.15) is 57.9 Å². The average Bonchev–Trinajstić information content (AvgIpc) is 3.29. The molecule has 3 saturated heterocycles. The predicted octanol–water partition coefficient (Wildman–Crippen LogP) is 4.51. The van der Waals surface area contributed by atoms with Crippen molar-refractivity contribution in [2.24, 2.45) is 17.8 Å². The molecule has 5 heteroatoms. The standard InChI is InChI=1S/C26H36N4O/c1-19(2)7-12-25-22-15-21(24-5-3-6-26(31)30(24)25)17-28(18-22)16-20-8-10-23(11-9-20)29-14-4-13-27-29/h4,8-11,13-14,19,21-22,24-25H,3,5-7,12,15-18H2,1-2H3/t21-,22+,24+,25+/m1/s1. The minimum Gasteiger partial charge on any atom is -0.336 e. The first-order valence-electron chi connectivity index (χ1n) is 12.2. The maximum Gasteiger partial charge on any atom is 0.223 e. The van der Waals surface area contributed by atoms with E-state index in [1.54, 1.807) is 0 Å². The summed E-state index contributed by atoms with van der Waals surface area (Å²) >= 11 is 0. The Bertz CT molecular complexity index is 875. The van der Waals surface area contributed by atoms with E-state index >= 15 is 0 Å². The number of fused-ring (bicyclic) bond motifs is 4. The van der Waals surface area contributed by atoms with Crippen molar-refractivity contribution in [3.05, 3.63) is 48.3 Å². The number of aromatic nitrogens is 2. The van der Waals surface area contributed by atoms with Gasteiger partial charge in [0.2, 0.25) is 5.91 Å². The number of hydrogen-bond acceptors (Lipinski definition) is 3. The molecule has 0 radical (unpaired) electrons. The van der Waals surface area contributed by atoms with Crippen LogP contribution >= 0.6 is 0 Å². The van der Waals surface area contributed by atoms with Crippen molar-refractivity contribution in [1.29, 1.82) is 0 Å². The van der Waals surface area contributed by atoms with E-state index in [0.717, 1.165) is 38.2 Å². The van der Waals surface area contributed by atoms with Crippen LogP contribution < -0.4 is 0 Å². The number of likely N-dealkylation sites (tertiary alicyclic amines) is 1. The second kappa shape index (κ2) is 8.78. The van der Waals surface area contributed by atoms with Gasteiger partial charge in [0, 0.05) is 50.5 Å². The number of carbonyl (C=O) groups excluding carboxylic acids is 1. The molecule has 3 aliphatic rings. The number of benzene rings is 1. The molecule has 4 heterocycles. The van der Waals surface area contributed by atoms with Crippen LogP contribution in [0, 0.1) is 17.8 Å². The molecule has 0 unspecified atom stereocenters. The first-order chi connectivity index (χ1) is 15.1. The fourth-order valence-electron chi connectivity index (χ4n) is 6.31. The first kappa shape index (κ1) is 20.7. The largest absolute Gasteiger partial charge is 0.336 e. The highest BCUT2D eigenvalue weighted by molar-refractivity contribution is 5.78. The molecular formula is C26H36N4O. The Hall–Kier alpha value is -2.14. The van der Waals surface area contributed by atoms with Crippen LogP contribution in [-0.4, -0.2) is 50.7 Å². The van der Waals surface area contributed by atoms with Gasteiger partial charge in [0.15, 0.2) is 0 Å². The third-order valence-corrected chi connectivity index (χ3v) is 7.72. The summed E-state index contributed by atoms with van der Waals surface area (Å²) in [6, 6.07) is 11.7. The van der Waals surface area contributed by atoms with Crippen LogP contribution in [0.15, 0.2) is 42.7 Å². The predicted molar refractivity (Wildman–Crippen MR) is 123 cm³/mol. The molecule has 3 fully saturated rings. The molecule has 31 heavy (non-hydrogen) atoms. The lowest BCUT2D eigenvalue weighted by atomic mass is 9.70. The van der Waals surface area contributed by atoms with E-state index in [-0.39, 0.29) is 0 Å². The number of hydrogen-bond donors (Lipinski definition) is 0. The maximum absolute atomic E-state index is 12.9. The van der Waals surface area contributed by atoms with E-state index in [2.05, 4.69) is 53.0 Å². The molecule has 3 aliphatic heterocycles. The molecule has 1 aromatic heterocycles. The van der Waals surface area contributed by atoms with E-state index in [4.69, 9.17) is 0 Å². The molecule has 1 amide bonds. The molecule has 5 nitrogen and oxygen atoms in total. The van der Waals surface area contributed by atoms with Gasteiger partial charge >= 0.3 is 0 Å². The fraction of sp³-hybridized carbons (Fsp3) is 0.615.